The van der Waals surface area contributed by atoms with Crippen molar-refractivity contribution in [1.29, 1.82) is 0 Å². The first-order valence-electron chi connectivity index (χ1n) is 5.57. The van der Waals surface area contributed by atoms with Crippen molar-refractivity contribution < 1.29 is 4.79 Å². The quantitative estimate of drug-likeness (QED) is 0.793. The lowest BCUT2D eigenvalue weighted by Gasteiger charge is -2.26. The molecule has 1 saturated heterocycles. The highest BCUT2D eigenvalue weighted by Gasteiger charge is 2.12. The van der Waals surface area contributed by atoms with Gasteiger partial charge >= 0.3 is 0 Å². The summed E-state index contributed by atoms with van der Waals surface area (Å²) in [5.41, 5.74) is 0. The molecule has 0 aromatic carbocycles. The van der Waals surface area contributed by atoms with Gasteiger partial charge in [-0.15, -0.1) is 11.3 Å². The summed E-state index contributed by atoms with van der Waals surface area (Å²) in [7, 11) is 0. The molecule has 1 aromatic heterocycles. The SMILES string of the molecule is O=C(CN1CCNCC1)NCc1cccs1. The molecule has 2 heterocycles. The summed E-state index contributed by atoms with van der Waals surface area (Å²) in [6.45, 7) is 5.07. The van der Waals surface area contributed by atoms with Gasteiger partial charge in [-0.1, -0.05) is 6.07 Å². The van der Waals surface area contributed by atoms with Crippen LogP contribution in [0.15, 0.2) is 17.5 Å². The summed E-state index contributed by atoms with van der Waals surface area (Å²) in [4.78, 5) is 15.0. The second-order valence-electron chi connectivity index (χ2n) is 3.88. The van der Waals surface area contributed by atoms with E-state index >= 15 is 0 Å². The fourth-order valence-electron chi connectivity index (χ4n) is 1.73. The average molecular weight is 239 g/mol. The molecule has 0 spiro atoms. The van der Waals surface area contributed by atoms with Gasteiger partial charge in [0.2, 0.25) is 5.91 Å². The predicted molar refractivity (Wildman–Crippen MR) is 65.5 cm³/mol. The third kappa shape index (κ3) is 3.59. The fourth-order valence-corrected chi connectivity index (χ4v) is 2.37. The maximum atomic E-state index is 11.6. The zero-order valence-corrected chi connectivity index (χ0v) is 10.1. The monoisotopic (exact) mass is 239 g/mol. The van der Waals surface area contributed by atoms with Crippen molar-refractivity contribution in [3.05, 3.63) is 22.4 Å². The molecular weight excluding hydrogens is 222 g/mol. The Kier molecular flexibility index (Phi) is 4.33. The van der Waals surface area contributed by atoms with Gasteiger partial charge in [-0.3, -0.25) is 9.69 Å². The number of nitrogens with zero attached hydrogens (tertiary/aromatic N) is 1. The van der Waals surface area contributed by atoms with Crippen molar-refractivity contribution in [1.82, 2.24) is 15.5 Å². The van der Waals surface area contributed by atoms with Gasteiger partial charge in [0.25, 0.3) is 0 Å². The van der Waals surface area contributed by atoms with E-state index in [0.717, 1.165) is 26.2 Å². The lowest BCUT2D eigenvalue weighted by molar-refractivity contribution is -0.122. The minimum atomic E-state index is 0.121. The maximum Gasteiger partial charge on any atom is 0.234 e. The molecule has 16 heavy (non-hydrogen) atoms. The van der Waals surface area contributed by atoms with Crippen LogP contribution >= 0.6 is 11.3 Å². The molecule has 5 heteroatoms. The van der Waals surface area contributed by atoms with E-state index in [1.807, 2.05) is 17.5 Å². The number of nitrogens with one attached hydrogen (secondary N) is 2. The molecule has 1 aliphatic heterocycles. The molecule has 0 bridgehead atoms. The van der Waals surface area contributed by atoms with Gasteiger partial charge in [0.05, 0.1) is 13.1 Å². The molecular formula is C11H17N3OS. The van der Waals surface area contributed by atoms with Crippen molar-refractivity contribution in [3.63, 3.8) is 0 Å². The first-order valence-corrected chi connectivity index (χ1v) is 6.45. The van der Waals surface area contributed by atoms with Crippen LogP contribution in [0.3, 0.4) is 0 Å². The van der Waals surface area contributed by atoms with E-state index in [2.05, 4.69) is 15.5 Å². The van der Waals surface area contributed by atoms with Crippen LogP contribution in [0.2, 0.25) is 0 Å². The van der Waals surface area contributed by atoms with E-state index in [4.69, 9.17) is 0 Å². The van der Waals surface area contributed by atoms with Crippen molar-refractivity contribution in [2.45, 2.75) is 6.54 Å². The molecule has 88 valence electrons. The zero-order chi connectivity index (χ0) is 11.2. The van der Waals surface area contributed by atoms with Crippen LogP contribution in [-0.4, -0.2) is 43.5 Å². The van der Waals surface area contributed by atoms with Crippen molar-refractivity contribution >= 4 is 17.2 Å². The van der Waals surface area contributed by atoms with Gasteiger partial charge in [0, 0.05) is 31.1 Å². The van der Waals surface area contributed by atoms with Crippen molar-refractivity contribution in [2.75, 3.05) is 32.7 Å². The molecule has 0 atom stereocenters. The van der Waals surface area contributed by atoms with Crippen LogP contribution in [0.1, 0.15) is 4.88 Å². The standard InChI is InChI=1S/C11H17N3OS/c15-11(9-14-5-3-12-4-6-14)13-8-10-2-1-7-16-10/h1-2,7,12H,3-6,8-9H2,(H,13,15). The highest BCUT2D eigenvalue weighted by Crippen LogP contribution is 2.07. The van der Waals surface area contributed by atoms with Gasteiger partial charge < -0.3 is 10.6 Å². The predicted octanol–water partition coefficient (Wildman–Crippen LogP) is 0.270. The minimum Gasteiger partial charge on any atom is -0.350 e. The lowest BCUT2D eigenvalue weighted by Crippen LogP contribution is -2.47. The summed E-state index contributed by atoms with van der Waals surface area (Å²) in [6, 6.07) is 4.04. The number of hydrogen-bond donors (Lipinski definition) is 2. The van der Waals surface area contributed by atoms with Crippen LogP contribution < -0.4 is 10.6 Å². The van der Waals surface area contributed by atoms with E-state index in [0.29, 0.717) is 13.1 Å². The van der Waals surface area contributed by atoms with Gasteiger partial charge in [-0.25, -0.2) is 0 Å². The Balaban J connectivity index is 1.67. The highest BCUT2D eigenvalue weighted by atomic mass is 32.1. The smallest absolute Gasteiger partial charge is 0.234 e. The third-order valence-corrected chi connectivity index (χ3v) is 3.49. The number of rotatable bonds is 4. The van der Waals surface area contributed by atoms with Gasteiger partial charge in [-0.05, 0) is 11.4 Å². The van der Waals surface area contributed by atoms with E-state index in [-0.39, 0.29) is 5.91 Å². The Labute approximate surface area is 99.6 Å². The van der Waals surface area contributed by atoms with E-state index in [9.17, 15) is 4.79 Å². The minimum absolute atomic E-state index is 0.121. The summed E-state index contributed by atoms with van der Waals surface area (Å²) in [6.07, 6.45) is 0. The summed E-state index contributed by atoms with van der Waals surface area (Å²) < 4.78 is 0. The number of thiophene rings is 1. The van der Waals surface area contributed by atoms with E-state index in [1.165, 1.54) is 4.88 Å². The van der Waals surface area contributed by atoms with Gasteiger partial charge in [0.15, 0.2) is 0 Å². The number of hydrogen-bond acceptors (Lipinski definition) is 4. The lowest BCUT2D eigenvalue weighted by atomic mass is 10.3. The van der Waals surface area contributed by atoms with E-state index in [1.54, 1.807) is 11.3 Å². The molecule has 1 fully saturated rings. The van der Waals surface area contributed by atoms with Crippen molar-refractivity contribution in [3.8, 4) is 0 Å². The second-order valence-corrected chi connectivity index (χ2v) is 4.91. The number of piperazine rings is 1. The maximum absolute atomic E-state index is 11.6. The molecule has 0 aliphatic carbocycles. The van der Waals surface area contributed by atoms with Crippen LogP contribution in [0.25, 0.3) is 0 Å². The second kappa shape index (κ2) is 5.98. The van der Waals surface area contributed by atoms with Crippen molar-refractivity contribution in [2.24, 2.45) is 0 Å². The first-order chi connectivity index (χ1) is 7.84. The topological polar surface area (TPSA) is 44.4 Å². The summed E-state index contributed by atoms with van der Waals surface area (Å²) >= 11 is 1.67. The largest absolute Gasteiger partial charge is 0.350 e. The van der Waals surface area contributed by atoms with Gasteiger partial charge in [-0.2, -0.15) is 0 Å². The Morgan fingerprint density at radius 3 is 3.00 bits per heavy atom. The molecule has 1 aliphatic rings. The fraction of sp³-hybridized carbons (Fsp3) is 0.545. The van der Waals surface area contributed by atoms with Crippen LogP contribution in [0.4, 0.5) is 0 Å². The third-order valence-electron chi connectivity index (χ3n) is 2.62. The Morgan fingerprint density at radius 1 is 1.50 bits per heavy atom. The average Bonchev–Trinajstić information content (AvgIpc) is 2.81. The van der Waals surface area contributed by atoms with Gasteiger partial charge in [0.1, 0.15) is 0 Å². The molecule has 2 rings (SSSR count). The zero-order valence-electron chi connectivity index (χ0n) is 9.24. The highest BCUT2D eigenvalue weighted by molar-refractivity contribution is 7.09. The molecule has 0 unspecified atom stereocenters. The van der Waals surface area contributed by atoms with Crippen LogP contribution in [0, 0.1) is 0 Å². The summed E-state index contributed by atoms with van der Waals surface area (Å²) in [5, 5.41) is 8.24. The molecule has 4 nitrogen and oxygen atoms in total. The Hall–Kier alpha value is -0.910. The number of carbonyl (C=O) groups excluding carboxylic acids is 1. The van der Waals surface area contributed by atoms with Crippen LogP contribution in [0.5, 0.6) is 0 Å². The Morgan fingerprint density at radius 2 is 2.31 bits per heavy atom. The normalized spacial score (nSPS) is 17.2. The summed E-state index contributed by atoms with van der Waals surface area (Å²) in [5.74, 6) is 0.121. The molecule has 0 radical (unpaired) electrons. The van der Waals surface area contributed by atoms with Crippen LogP contribution in [-0.2, 0) is 11.3 Å². The Bertz CT molecular complexity index is 320. The molecule has 0 saturated carbocycles. The molecule has 1 amide bonds. The molecule has 1 aromatic rings. The number of carbonyl (C=O) groups is 1. The number of amides is 1. The first kappa shape index (κ1) is 11.6. The van der Waals surface area contributed by atoms with E-state index < -0.39 is 0 Å². The molecule has 2 N–H and O–H groups in total.